The zero-order valence-electron chi connectivity index (χ0n) is 55.7. The van der Waals surface area contributed by atoms with Gasteiger partial charge in [0.05, 0.1) is 54.4 Å². The lowest BCUT2D eigenvalue weighted by atomic mass is 10.0. The van der Waals surface area contributed by atoms with E-state index in [2.05, 4.69) is 29.1 Å². The minimum absolute atomic E-state index is 0.00380. The first-order chi connectivity index (χ1) is 46.6. The van der Waals surface area contributed by atoms with Gasteiger partial charge in [0, 0.05) is 62.6 Å². The summed E-state index contributed by atoms with van der Waals surface area (Å²) in [5.41, 5.74) is 2.01. The molecular formula is C70H80N8O20. The fourth-order valence-electron chi connectivity index (χ4n) is 12.4. The summed E-state index contributed by atoms with van der Waals surface area (Å²) in [6.07, 6.45) is -1.45. The number of benzene rings is 4. The molecule has 6 aliphatic heterocycles. The minimum Gasteiger partial charge on any atom is -0.493 e. The van der Waals surface area contributed by atoms with Crippen LogP contribution in [0.15, 0.2) is 103 Å². The summed E-state index contributed by atoms with van der Waals surface area (Å²) in [7, 11) is 2.73. The van der Waals surface area contributed by atoms with E-state index in [0.717, 1.165) is 45.3 Å². The molecule has 520 valence electrons. The van der Waals surface area contributed by atoms with Crippen molar-refractivity contribution in [2.45, 2.75) is 148 Å². The normalized spacial score (nSPS) is 20.3. The van der Waals surface area contributed by atoms with Crippen LogP contribution in [0.4, 0.5) is 26.7 Å². The summed E-state index contributed by atoms with van der Waals surface area (Å²) in [6.45, 7) is 17.8. The van der Waals surface area contributed by atoms with Crippen LogP contribution in [0, 0.1) is 5.92 Å². The van der Waals surface area contributed by atoms with Crippen LogP contribution in [0.2, 0.25) is 0 Å². The van der Waals surface area contributed by atoms with Gasteiger partial charge in [0.2, 0.25) is 17.7 Å². The van der Waals surface area contributed by atoms with Crippen molar-refractivity contribution in [1.82, 2.24) is 25.3 Å². The predicted octanol–water partition coefficient (Wildman–Crippen LogP) is 7.10. The number of hydrogen-bond acceptors (Lipinski definition) is 19. The fraction of sp³-hybridized carbons (Fsp3) is 0.429. The van der Waals surface area contributed by atoms with Gasteiger partial charge in [-0.25, -0.2) is 24.2 Å². The second kappa shape index (κ2) is 29.6. The second-order valence-corrected chi connectivity index (χ2v) is 26.0. The first kappa shape index (κ1) is 70.5. The standard InChI is InChI=1S/C70H80N8O20/c1-37(2)60(73-56(79)20-21-74-57(80)18-19-58(74)81)62(83)71-40(5)61(82)72-45-16-14-41(15-17-45)34-96-69(90)77-48-30-54(52(91-9)28-46(48)63(84)75-32-38(3)23-50(75)65(77)86)94-35-42-25-43(27-44(26-42)67(87)98-70(6,7)8)36-95-55-31-49-47(29-53(55)92-10)64(85)76-33-39(4)24-51(76)66(78(49)68(88)89)97-59-13-11-12-22-93-59/h14-19,25-31,37,40,50-51,59-60,65-66,86H,3-4,11-13,20-24,32-36H2,1-2,5-10H3,(H,71,83)(H,72,82)(H,73,79)(H,88,89)/t40-,50-,51-,59?,60-,65-,66-/m0/s1. The van der Waals surface area contributed by atoms with Gasteiger partial charge in [-0.2, -0.15) is 0 Å². The van der Waals surface area contributed by atoms with Gasteiger partial charge in [-0.1, -0.05) is 50.3 Å². The van der Waals surface area contributed by atoms with Gasteiger partial charge in [0.25, 0.3) is 23.6 Å². The molecule has 4 aromatic rings. The number of nitrogens with zero attached hydrogens (tertiary/aromatic N) is 5. The Morgan fingerprint density at radius 2 is 1.27 bits per heavy atom. The highest BCUT2D eigenvalue weighted by Gasteiger charge is 2.50. The van der Waals surface area contributed by atoms with Crippen molar-refractivity contribution < 1.29 is 96.1 Å². The van der Waals surface area contributed by atoms with Crippen LogP contribution >= 0.6 is 0 Å². The highest BCUT2D eigenvalue weighted by molar-refractivity contribution is 6.13. The molecule has 0 aliphatic carbocycles. The number of methoxy groups -OCH3 is 2. The predicted molar refractivity (Wildman–Crippen MR) is 351 cm³/mol. The molecule has 0 radical (unpaired) electrons. The van der Waals surface area contributed by atoms with Crippen molar-refractivity contribution in [3.8, 4) is 23.0 Å². The lowest BCUT2D eigenvalue weighted by Crippen LogP contribution is -2.54. The van der Waals surface area contributed by atoms with E-state index in [4.69, 9.17) is 37.9 Å². The number of carbonyl (C=O) groups is 10. The Morgan fingerprint density at radius 1 is 0.694 bits per heavy atom. The van der Waals surface area contributed by atoms with Crippen LogP contribution in [-0.2, 0) is 62.7 Å². The van der Waals surface area contributed by atoms with E-state index in [1.165, 1.54) is 62.4 Å². The Morgan fingerprint density at radius 3 is 1.81 bits per heavy atom. The number of esters is 1. The molecular weight excluding hydrogens is 1270 g/mol. The minimum atomic E-state index is -1.67. The van der Waals surface area contributed by atoms with E-state index in [9.17, 15) is 58.2 Å². The van der Waals surface area contributed by atoms with Gasteiger partial charge >= 0.3 is 18.2 Å². The largest absolute Gasteiger partial charge is 0.493 e. The van der Waals surface area contributed by atoms with Crippen LogP contribution in [0.25, 0.3) is 0 Å². The van der Waals surface area contributed by atoms with Crippen molar-refractivity contribution in [3.63, 3.8) is 0 Å². The van der Waals surface area contributed by atoms with Crippen molar-refractivity contribution in [3.05, 3.63) is 137 Å². The van der Waals surface area contributed by atoms with Gasteiger partial charge < -0.3 is 73.9 Å². The van der Waals surface area contributed by atoms with Crippen LogP contribution in [-0.4, -0.2) is 173 Å². The number of imide groups is 1. The maximum absolute atomic E-state index is 14.5. The number of rotatable bonds is 22. The number of carboxylic acid groups (broad SMARTS) is 1. The topological polar surface area (TPSA) is 337 Å². The van der Waals surface area contributed by atoms with Crippen LogP contribution in [0.3, 0.4) is 0 Å². The molecule has 98 heavy (non-hydrogen) atoms. The summed E-state index contributed by atoms with van der Waals surface area (Å²) in [5.74, 6) is -4.78. The molecule has 6 aliphatic rings. The number of nitrogens with one attached hydrogen (secondary N) is 3. The fourth-order valence-corrected chi connectivity index (χ4v) is 12.4. The van der Waals surface area contributed by atoms with E-state index in [1.54, 1.807) is 69.9 Å². The molecule has 3 saturated heterocycles. The maximum atomic E-state index is 14.5. The lowest BCUT2D eigenvalue weighted by Gasteiger charge is -2.37. The number of aliphatic hydroxyl groups is 1. The molecule has 10 rings (SSSR count). The molecule has 9 amide bonds. The summed E-state index contributed by atoms with van der Waals surface area (Å²) in [5, 5.41) is 31.1. The molecule has 6 heterocycles. The third-order valence-corrected chi connectivity index (χ3v) is 17.2. The van der Waals surface area contributed by atoms with Crippen LogP contribution in [0.1, 0.15) is 128 Å². The van der Waals surface area contributed by atoms with Crippen molar-refractivity contribution >= 4 is 76.6 Å². The molecule has 0 saturated carbocycles. The first-order valence-electron chi connectivity index (χ1n) is 32.1. The van der Waals surface area contributed by atoms with Gasteiger partial charge in [-0.3, -0.25) is 38.5 Å². The van der Waals surface area contributed by atoms with Crippen molar-refractivity contribution in [1.29, 1.82) is 0 Å². The third kappa shape index (κ3) is 15.7. The highest BCUT2D eigenvalue weighted by atomic mass is 16.7. The SMILES string of the molecule is C=C1C[C@H]2[C@H](O)N(C(=O)OCc3ccc(NC(=O)[C@H](C)NC(=O)[C@@H](NC(=O)CCN4C(=O)C=CC4=O)C(C)C)cc3)c3cc(OCc4cc(COc5cc6c(cc5OC)C(=O)N5CC(=C)C[C@H]5[C@H](OC5CCCCO5)N6C(=O)O)cc(C(=O)OC(C)(C)C)c4)c(OC)cc3C(=O)N2C1. The van der Waals surface area contributed by atoms with Crippen molar-refractivity contribution in [2.24, 2.45) is 5.92 Å². The Hall–Kier alpha value is -10.3. The first-order valence-corrected chi connectivity index (χ1v) is 32.1. The van der Waals surface area contributed by atoms with E-state index in [1.807, 2.05) is 0 Å². The van der Waals surface area contributed by atoms with Gasteiger partial charge in [0.15, 0.2) is 41.7 Å². The van der Waals surface area contributed by atoms with Crippen LogP contribution < -0.4 is 44.7 Å². The number of fused-ring (bicyclic) bond motifs is 4. The molecule has 0 spiro atoms. The third-order valence-electron chi connectivity index (χ3n) is 17.2. The smallest absolute Gasteiger partial charge is 0.416 e. The summed E-state index contributed by atoms with van der Waals surface area (Å²) in [6, 6.07) is 12.8. The number of ether oxygens (including phenoxy) is 8. The molecule has 1 unspecified atom stereocenters. The number of carbonyl (C=O) groups excluding carboxylic acids is 9. The van der Waals surface area contributed by atoms with Gasteiger partial charge in [-0.15, -0.1) is 0 Å². The number of anilines is 3. The zero-order valence-corrected chi connectivity index (χ0v) is 55.7. The number of amides is 9. The van der Waals surface area contributed by atoms with E-state index in [0.29, 0.717) is 47.4 Å². The summed E-state index contributed by atoms with van der Waals surface area (Å²) < 4.78 is 48.4. The van der Waals surface area contributed by atoms with E-state index in [-0.39, 0.29) is 103 Å². The number of aliphatic hydroxyl groups excluding tert-OH is 1. The van der Waals surface area contributed by atoms with Gasteiger partial charge in [0.1, 0.15) is 37.5 Å². The monoisotopic (exact) mass is 1350 g/mol. The molecule has 0 aromatic heterocycles. The summed E-state index contributed by atoms with van der Waals surface area (Å²) in [4.78, 5) is 140. The average Bonchev–Trinajstić information content (AvgIpc) is 1.61. The molecule has 7 atom stereocenters. The molecule has 3 fully saturated rings. The average molecular weight is 1350 g/mol. The van der Waals surface area contributed by atoms with Crippen molar-refractivity contribution in [2.75, 3.05) is 55.6 Å². The molecule has 28 nitrogen and oxygen atoms in total. The highest BCUT2D eigenvalue weighted by Crippen LogP contribution is 2.45. The summed E-state index contributed by atoms with van der Waals surface area (Å²) >= 11 is 0. The molecule has 28 heteroatoms. The Kier molecular flexibility index (Phi) is 21.3. The Labute approximate surface area is 565 Å². The quantitative estimate of drug-likeness (QED) is 0.0297. The lowest BCUT2D eigenvalue weighted by molar-refractivity contribution is -0.195. The Bertz CT molecular complexity index is 3880. The number of hydrogen-bond donors (Lipinski definition) is 5. The van der Waals surface area contributed by atoms with E-state index < -0.39 is 114 Å². The molecule has 0 bridgehead atoms. The van der Waals surface area contributed by atoms with Gasteiger partial charge in [-0.05, 0) is 125 Å². The van der Waals surface area contributed by atoms with E-state index >= 15 is 0 Å². The zero-order chi connectivity index (χ0) is 70.6. The second-order valence-electron chi connectivity index (χ2n) is 26.0. The Balaban J connectivity index is 0.855. The maximum Gasteiger partial charge on any atom is 0.416 e. The molecule has 5 N–H and O–H groups in total. The van der Waals surface area contributed by atoms with Crippen LogP contribution in [0.5, 0.6) is 23.0 Å². The molecule has 4 aromatic carbocycles.